The van der Waals surface area contributed by atoms with E-state index in [0.29, 0.717) is 12.3 Å². The fourth-order valence-electron chi connectivity index (χ4n) is 1.82. The predicted octanol–water partition coefficient (Wildman–Crippen LogP) is 0.943. The van der Waals surface area contributed by atoms with Gasteiger partial charge in [0.2, 0.25) is 0 Å². The summed E-state index contributed by atoms with van der Waals surface area (Å²) in [6.45, 7) is 4.87. The lowest BCUT2D eigenvalue weighted by Crippen LogP contribution is -2.21. The molecule has 0 radical (unpaired) electrons. The maximum Gasteiger partial charge on any atom is 0.358 e. The van der Waals surface area contributed by atoms with Crippen LogP contribution in [-0.2, 0) is 17.8 Å². The second-order valence-electron chi connectivity index (χ2n) is 3.85. The molecule has 5 nitrogen and oxygen atoms in total. The summed E-state index contributed by atoms with van der Waals surface area (Å²) < 4.78 is 6.83. The summed E-state index contributed by atoms with van der Waals surface area (Å²) in [7, 11) is 0. The maximum absolute atomic E-state index is 11.5. The van der Waals surface area contributed by atoms with Crippen LogP contribution in [0.3, 0.4) is 0 Å². The Bertz CT molecular complexity index is 348. The molecule has 0 unspecified atom stereocenters. The van der Waals surface area contributed by atoms with E-state index in [1.807, 2.05) is 10.7 Å². The molecule has 88 valence electrons. The molecule has 0 aliphatic carbocycles. The summed E-state index contributed by atoms with van der Waals surface area (Å²) in [5.41, 5.74) is 1.48. The minimum atomic E-state index is -0.332. The molecule has 2 rings (SSSR count). The van der Waals surface area contributed by atoms with E-state index >= 15 is 0 Å². The van der Waals surface area contributed by atoms with Gasteiger partial charge in [-0.05, 0) is 32.4 Å². The fourth-order valence-corrected chi connectivity index (χ4v) is 1.82. The minimum Gasteiger partial charge on any atom is -0.461 e. The van der Waals surface area contributed by atoms with Gasteiger partial charge in [-0.25, -0.2) is 4.79 Å². The summed E-state index contributed by atoms with van der Waals surface area (Å²) in [5, 5.41) is 7.59. The summed E-state index contributed by atoms with van der Waals surface area (Å²) in [4.78, 5) is 11.5. The van der Waals surface area contributed by atoms with Crippen LogP contribution in [0, 0.1) is 0 Å². The third-order valence-corrected chi connectivity index (χ3v) is 2.63. The molecule has 0 spiro atoms. The summed E-state index contributed by atoms with van der Waals surface area (Å²) >= 11 is 0. The SMILES string of the molecule is CCOC(=O)c1cc2n(n1)CCCCNC2. The number of aryl methyl sites for hydroxylation is 1. The van der Waals surface area contributed by atoms with E-state index in [4.69, 9.17) is 4.74 Å². The first-order valence-corrected chi connectivity index (χ1v) is 5.76. The summed E-state index contributed by atoms with van der Waals surface area (Å²) in [6, 6.07) is 1.82. The first-order valence-electron chi connectivity index (χ1n) is 5.76. The largest absolute Gasteiger partial charge is 0.461 e. The Labute approximate surface area is 94.8 Å². The van der Waals surface area contributed by atoms with Crippen molar-refractivity contribution in [3.63, 3.8) is 0 Å². The quantitative estimate of drug-likeness (QED) is 0.758. The number of carbonyl (C=O) groups is 1. The van der Waals surface area contributed by atoms with Gasteiger partial charge in [-0.3, -0.25) is 4.68 Å². The molecule has 1 aliphatic rings. The van der Waals surface area contributed by atoms with Crippen molar-refractivity contribution in [1.82, 2.24) is 15.1 Å². The van der Waals surface area contributed by atoms with Crippen molar-refractivity contribution < 1.29 is 9.53 Å². The van der Waals surface area contributed by atoms with Crippen LogP contribution in [0.1, 0.15) is 35.9 Å². The highest BCUT2D eigenvalue weighted by molar-refractivity contribution is 5.87. The van der Waals surface area contributed by atoms with Crippen LogP contribution in [-0.4, -0.2) is 28.9 Å². The average molecular weight is 223 g/mol. The Morgan fingerprint density at radius 3 is 3.31 bits per heavy atom. The lowest BCUT2D eigenvalue weighted by Gasteiger charge is -2.12. The first-order chi connectivity index (χ1) is 7.81. The molecular weight excluding hydrogens is 206 g/mol. The molecule has 1 aromatic rings. The average Bonchev–Trinajstić information content (AvgIpc) is 2.61. The number of hydrogen-bond donors (Lipinski definition) is 1. The van der Waals surface area contributed by atoms with Crippen LogP contribution in [0.5, 0.6) is 0 Å². The van der Waals surface area contributed by atoms with Gasteiger partial charge < -0.3 is 10.1 Å². The molecule has 0 amide bonds. The van der Waals surface area contributed by atoms with Gasteiger partial charge in [-0.15, -0.1) is 0 Å². The standard InChI is InChI=1S/C11H17N3O2/c1-2-16-11(15)10-7-9-8-12-5-3-4-6-14(9)13-10/h7,12H,2-6,8H2,1H3. The molecule has 0 saturated heterocycles. The van der Waals surface area contributed by atoms with Gasteiger partial charge in [0.1, 0.15) is 0 Å². The molecule has 0 saturated carbocycles. The van der Waals surface area contributed by atoms with Crippen LogP contribution in [0.15, 0.2) is 6.07 Å². The van der Waals surface area contributed by atoms with E-state index in [1.165, 1.54) is 0 Å². The topological polar surface area (TPSA) is 56.2 Å². The number of aromatic nitrogens is 2. The maximum atomic E-state index is 11.5. The second kappa shape index (κ2) is 5.12. The first kappa shape index (κ1) is 11.1. The zero-order chi connectivity index (χ0) is 11.4. The van der Waals surface area contributed by atoms with Gasteiger partial charge in [-0.1, -0.05) is 0 Å². The lowest BCUT2D eigenvalue weighted by molar-refractivity contribution is 0.0518. The zero-order valence-electron chi connectivity index (χ0n) is 9.53. The molecule has 0 fully saturated rings. The molecule has 1 N–H and O–H groups in total. The molecule has 1 aromatic heterocycles. The third-order valence-electron chi connectivity index (χ3n) is 2.63. The van der Waals surface area contributed by atoms with Crippen molar-refractivity contribution in [2.24, 2.45) is 0 Å². The number of esters is 1. The predicted molar refractivity (Wildman–Crippen MR) is 59.1 cm³/mol. The normalized spacial score (nSPS) is 16.1. The highest BCUT2D eigenvalue weighted by Gasteiger charge is 2.15. The Morgan fingerprint density at radius 2 is 2.50 bits per heavy atom. The van der Waals surface area contributed by atoms with Crippen molar-refractivity contribution in [2.75, 3.05) is 13.2 Å². The molecule has 2 heterocycles. The van der Waals surface area contributed by atoms with Crippen LogP contribution >= 0.6 is 0 Å². The molecule has 0 aromatic carbocycles. The number of carbonyl (C=O) groups excluding carboxylic acids is 1. The van der Waals surface area contributed by atoms with Crippen molar-refractivity contribution in [3.05, 3.63) is 17.5 Å². The monoisotopic (exact) mass is 223 g/mol. The van der Waals surface area contributed by atoms with Crippen LogP contribution in [0.2, 0.25) is 0 Å². The van der Waals surface area contributed by atoms with E-state index < -0.39 is 0 Å². The van der Waals surface area contributed by atoms with Crippen molar-refractivity contribution >= 4 is 5.97 Å². The number of hydrogen-bond acceptors (Lipinski definition) is 4. The van der Waals surface area contributed by atoms with E-state index in [-0.39, 0.29) is 5.97 Å². The summed E-state index contributed by atoms with van der Waals surface area (Å²) in [6.07, 6.45) is 2.23. The Balaban J connectivity index is 2.17. The van der Waals surface area contributed by atoms with Gasteiger partial charge in [0, 0.05) is 13.1 Å². The van der Waals surface area contributed by atoms with Crippen molar-refractivity contribution in [2.45, 2.75) is 32.9 Å². The van der Waals surface area contributed by atoms with Crippen LogP contribution in [0.4, 0.5) is 0 Å². The molecule has 1 aliphatic heterocycles. The van der Waals surface area contributed by atoms with Gasteiger partial charge in [0.05, 0.1) is 12.3 Å². The molecule has 16 heavy (non-hydrogen) atoms. The van der Waals surface area contributed by atoms with Crippen LogP contribution in [0.25, 0.3) is 0 Å². The summed E-state index contributed by atoms with van der Waals surface area (Å²) in [5.74, 6) is -0.332. The minimum absolute atomic E-state index is 0.332. The number of fused-ring (bicyclic) bond motifs is 1. The van der Waals surface area contributed by atoms with Crippen molar-refractivity contribution in [1.29, 1.82) is 0 Å². The van der Waals surface area contributed by atoms with E-state index in [2.05, 4.69) is 10.4 Å². The number of ether oxygens (including phenoxy) is 1. The van der Waals surface area contributed by atoms with E-state index in [1.54, 1.807) is 6.92 Å². The van der Waals surface area contributed by atoms with E-state index in [9.17, 15) is 4.79 Å². The smallest absolute Gasteiger partial charge is 0.358 e. The lowest BCUT2D eigenvalue weighted by atomic mass is 10.2. The van der Waals surface area contributed by atoms with Gasteiger partial charge >= 0.3 is 5.97 Å². The zero-order valence-corrected chi connectivity index (χ0v) is 9.53. The number of nitrogens with one attached hydrogen (secondary N) is 1. The Hall–Kier alpha value is -1.36. The van der Waals surface area contributed by atoms with Crippen LogP contribution < -0.4 is 5.32 Å². The Kier molecular flexibility index (Phi) is 3.56. The fraction of sp³-hybridized carbons (Fsp3) is 0.636. The molecular formula is C11H17N3O2. The van der Waals surface area contributed by atoms with Gasteiger partial charge in [0.15, 0.2) is 5.69 Å². The molecule has 0 bridgehead atoms. The number of rotatable bonds is 2. The highest BCUT2D eigenvalue weighted by Crippen LogP contribution is 2.09. The van der Waals surface area contributed by atoms with Crippen molar-refractivity contribution in [3.8, 4) is 0 Å². The number of nitrogens with zero attached hydrogens (tertiary/aromatic N) is 2. The molecule has 5 heteroatoms. The van der Waals surface area contributed by atoms with E-state index in [0.717, 1.165) is 38.2 Å². The van der Waals surface area contributed by atoms with Gasteiger partial charge in [-0.2, -0.15) is 5.10 Å². The Morgan fingerprint density at radius 1 is 1.62 bits per heavy atom. The third kappa shape index (κ3) is 2.41. The van der Waals surface area contributed by atoms with Gasteiger partial charge in [0.25, 0.3) is 0 Å². The highest BCUT2D eigenvalue weighted by atomic mass is 16.5. The molecule has 0 atom stereocenters. The second-order valence-corrected chi connectivity index (χ2v) is 3.85.